The Hall–Kier alpha value is -1.17. The Kier molecular flexibility index (Phi) is 7.71. The number of nitrogens with one attached hydrogen (secondary N) is 1. The Labute approximate surface area is 127 Å². The number of carbonyl (C=O) groups is 2. The minimum Gasteiger partial charge on any atom is -0.392 e. The van der Waals surface area contributed by atoms with Crippen LogP contribution in [-0.2, 0) is 9.59 Å². The van der Waals surface area contributed by atoms with E-state index in [1.807, 2.05) is 13.8 Å². The monoisotopic (exact) mass is 301 g/mol. The van der Waals surface area contributed by atoms with Gasteiger partial charge in [-0.1, -0.05) is 38.9 Å². The normalized spacial score (nSPS) is 12.7. The van der Waals surface area contributed by atoms with Crippen molar-refractivity contribution in [2.24, 2.45) is 11.1 Å². The Balaban J connectivity index is 5.14. The van der Waals surface area contributed by atoms with Gasteiger partial charge in [0.1, 0.15) is 6.04 Å². The molecule has 0 saturated heterocycles. The van der Waals surface area contributed by atoms with Crippen LogP contribution in [-0.4, -0.2) is 41.8 Å². The van der Waals surface area contributed by atoms with Crippen LogP contribution in [0.5, 0.6) is 0 Å². The van der Waals surface area contributed by atoms with Crippen molar-refractivity contribution in [2.75, 3.05) is 14.1 Å². The Morgan fingerprint density at radius 2 is 1.70 bits per heavy atom. The van der Waals surface area contributed by atoms with Gasteiger partial charge in [-0.2, -0.15) is 0 Å². The number of likely N-dealkylation sites (N-methyl/N-ethyl adjacent to an activating group) is 1. The van der Waals surface area contributed by atoms with Crippen molar-refractivity contribution in [1.82, 2.24) is 10.2 Å². The number of hydrogen-bond acceptors (Lipinski definition) is 3. The summed E-state index contributed by atoms with van der Waals surface area (Å²) in [5, 5.41) is 2.76. The predicted molar refractivity (Wildman–Crippen MR) is 85.3 cm³/mol. The molecule has 0 heterocycles. The van der Waals surface area contributed by atoms with Crippen LogP contribution >= 0.6 is 12.2 Å². The first kappa shape index (κ1) is 18.8. The molecule has 0 spiro atoms. The van der Waals surface area contributed by atoms with Gasteiger partial charge in [-0.15, -0.1) is 0 Å². The lowest BCUT2D eigenvalue weighted by Gasteiger charge is -2.32. The fourth-order valence-corrected chi connectivity index (χ4v) is 2.64. The third-order valence-corrected chi connectivity index (χ3v) is 3.81. The van der Waals surface area contributed by atoms with Gasteiger partial charge in [0.15, 0.2) is 0 Å². The number of carbonyl (C=O) groups excluding carboxylic acids is 2. The first-order chi connectivity index (χ1) is 9.22. The first-order valence-electron chi connectivity index (χ1n) is 7.05. The molecule has 1 unspecified atom stereocenters. The van der Waals surface area contributed by atoms with E-state index in [2.05, 4.69) is 5.32 Å². The molecule has 0 aromatic heterocycles. The number of thiocarbonyl (C=S) groups is 1. The molecule has 0 saturated carbocycles. The Bertz CT molecular complexity index is 363. The molecular weight excluding hydrogens is 274 g/mol. The van der Waals surface area contributed by atoms with Gasteiger partial charge < -0.3 is 16.0 Å². The van der Waals surface area contributed by atoms with Gasteiger partial charge in [0, 0.05) is 14.1 Å². The van der Waals surface area contributed by atoms with Crippen LogP contribution in [0.2, 0.25) is 0 Å². The molecule has 116 valence electrons. The topological polar surface area (TPSA) is 75.4 Å². The molecule has 0 radical (unpaired) electrons. The van der Waals surface area contributed by atoms with E-state index in [1.165, 1.54) is 4.90 Å². The number of rotatable bonds is 8. The van der Waals surface area contributed by atoms with E-state index >= 15 is 0 Å². The summed E-state index contributed by atoms with van der Waals surface area (Å²) in [6, 6.07) is -0.583. The van der Waals surface area contributed by atoms with Crippen LogP contribution in [0, 0.1) is 5.41 Å². The van der Waals surface area contributed by atoms with Gasteiger partial charge in [0.2, 0.25) is 11.8 Å². The number of nitrogens with zero attached hydrogens (tertiary/aromatic N) is 1. The van der Waals surface area contributed by atoms with E-state index in [0.717, 1.165) is 12.8 Å². The van der Waals surface area contributed by atoms with Crippen molar-refractivity contribution in [3.63, 3.8) is 0 Å². The summed E-state index contributed by atoms with van der Waals surface area (Å²) in [5.41, 5.74) is 4.98. The van der Waals surface area contributed by atoms with E-state index in [4.69, 9.17) is 18.0 Å². The zero-order chi connectivity index (χ0) is 15.9. The van der Waals surface area contributed by atoms with Gasteiger partial charge in [0.25, 0.3) is 0 Å². The molecule has 0 aromatic rings. The van der Waals surface area contributed by atoms with E-state index in [1.54, 1.807) is 21.0 Å². The second kappa shape index (κ2) is 8.19. The molecule has 1 atom stereocenters. The van der Waals surface area contributed by atoms with Crippen molar-refractivity contribution in [3.05, 3.63) is 0 Å². The molecule has 0 aliphatic heterocycles. The Morgan fingerprint density at radius 3 is 2.00 bits per heavy atom. The maximum absolute atomic E-state index is 12.6. The van der Waals surface area contributed by atoms with Gasteiger partial charge in [-0.3, -0.25) is 9.59 Å². The molecule has 3 N–H and O–H groups in total. The molecule has 20 heavy (non-hydrogen) atoms. The molecule has 2 amide bonds. The van der Waals surface area contributed by atoms with Crippen molar-refractivity contribution in [3.8, 4) is 0 Å². The molecule has 0 bridgehead atoms. The maximum atomic E-state index is 12.6. The van der Waals surface area contributed by atoms with Crippen LogP contribution in [0.3, 0.4) is 0 Å². The van der Waals surface area contributed by atoms with Crippen LogP contribution in [0.25, 0.3) is 0 Å². The van der Waals surface area contributed by atoms with Crippen molar-refractivity contribution >= 4 is 29.0 Å². The van der Waals surface area contributed by atoms with Gasteiger partial charge in [0.05, 0.1) is 10.4 Å². The third-order valence-electron chi connectivity index (χ3n) is 3.42. The first-order valence-corrected chi connectivity index (χ1v) is 7.45. The lowest BCUT2D eigenvalue weighted by molar-refractivity contribution is -0.136. The summed E-state index contributed by atoms with van der Waals surface area (Å²) in [4.78, 5) is 26.1. The van der Waals surface area contributed by atoms with Gasteiger partial charge in [-0.25, -0.2) is 0 Å². The van der Waals surface area contributed by atoms with Crippen LogP contribution in [0.4, 0.5) is 0 Å². The van der Waals surface area contributed by atoms with Crippen molar-refractivity contribution in [1.29, 1.82) is 0 Å². The average Bonchev–Trinajstić information content (AvgIpc) is 2.36. The van der Waals surface area contributed by atoms with E-state index in [9.17, 15) is 9.59 Å². The highest BCUT2D eigenvalue weighted by Crippen LogP contribution is 2.31. The molecule has 5 nitrogen and oxygen atoms in total. The summed E-state index contributed by atoms with van der Waals surface area (Å²) in [5.74, 6) is -0.389. The average molecular weight is 301 g/mol. The highest BCUT2D eigenvalue weighted by Gasteiger charge is 2.40. The standard InChI is InChI=1S/C14H27N3O2S/c1-6-8-14(9-7-2,12(15)20)13(19)16-10(3)11(18)17(4)5/h10H,6-9H2,1-5H3,(H2,15,20)(H,16,19). The molecule has 0 rings (SSSR count). The minimum absolute atomic E-state index is 0.150. The van der Waals surface area contributed by atoms with E-state index < -0.39 is 11.5 Å². The smallest absolute Gasteiger partial charge is 0.244 e. The third kappa shape index (κ3) is 4.44. The maximum Gasteiger partial charge on any atom is 0.244 e. The van der Waals surface area contributed by atoms with Crippen LogP contribution in [0.1, 0.15) is 46.5 Å². The second-order valence-corrected chi connectivity index (χ2v) is 5.81. The highest BCUT2D eigenvalue weighted by molar-refractivity contribution is 7.80. The molecule has 0 aliphatic carbocycles. The summed E-state index contributed by atoms with van der Waals surface area (Å²) in [7, 11) is 3.31. The lowest BCUT2D eigenvalue weighted by atomic mass is 9.78. The van der Waals surface area contributed by atoms with Crippen molar-refractivity contribution in [2.45, 2.75) is 52.5 Å². The molecule has 0 aromatic carbocycles. The quantitative estimate of drug-likeness (QED) is 0.665. The fraction of sp³-hybridized carbons (Fsp3) is 0.786. The minimum atomic E-state index is -0.848. The van der Waals surface area contributed by atoms with Crippen molar-refractivity contribution < 1.29 is 9.59 Å². The second-order valence-electron chi connectivity index (χ2n) is 5.37. The van der Waals surface area contributed by atoms with Gasteiger partial charge >= 0.3 is 0 Å². The molecule has 6 heteroatoms. The van der Waals surface area contributed by atoms with Crippen LogP contribution in [0.15, 0.2) is 0 Å². The SMILES string of the molecule is CCCC(CCC)(C(=O)NC(C)C(=O)N(C)C)C(N)=S. The summed E-state index contributed by atoms with van der Waals surface area (Å²) in [6.07, 6.45) is 2.82. The molecular formula is C14H27N3O2S. The summed E-state index contributed by atoms with van der Waals surface area (Å²) >= 11 is 5.13. The Morgan fingerprint density at radius 1 is 1.25 bits per heavy atom. The summed E-state index contributed by atoms with van der Waals surface area (Å²) < 4.78 is 0. The van der Waals surface area contributed by atoms with Gasteiger partial charge in [-0.05, 0) is 19.8 Å². The fourth-order valence-electron chi connectivity index (χ4n) is 2.35. The van der Waals surface area contributed by atoms with Crippen LogP contribution < -0.4 is 11.1 Å². The van der Waals surface area contributed by atoms with E-state index in [0.29, 0.717) is 12.8 Å². The zero-order valence-corrected chi connectivity index (χ0v) is 14.0. The molecule has 0 aliphatic rings. The largest absolute Gasteiger partial charge is 0.392 e. The number of nitrogens with two attached hydrogens (primary N) is 1. The highest BCUT2D eigenvalue weighted by atomic mass is 32.1. The predicted octanol–water partition coefficient (Wildman–Crippen LogP) is 1.45. The zero-order valence-electron chi connectivity index (χ0n) is 13.2. The molecule has 0 fully saturated rings. The number of amides is 2. The number of hydrogen-bond donors (Lipinski definition) is 2. The summed E-state index contributed by atoms with van der Waals surface area (Å²) in [6.45, 7) is 5.65. The van der Waals surface area contributed by atoms with E-state index in [-0.39, 0.29) is 16.8 Å². The lowest BCUT2D eigenvalue weighted by Crippen LogP contribution is -2.54.